The zero-order chi connectivity index (χ0) is 37.7. The van der Waals surface area contributed by atoms with E-state index in [2.05, 4.69) is 50.3 Å². The van der Waals surface area contributed by atoms with Crippen LogP contribution in [-0.2, 0) is 14.3 Å². The number of allylic oxidation sites excluding steroid dienone is 6. The summed E-state index contributed by atoms with van der Waals surface area (Å²) in [6, 6.07) is 0. The highest BCUT2D eigenvalue weighted by Crippen LogP contribution is 2.15. The molecule has 0 rings (SSSR count). The second-order valence-electron chi connectivity index (χ2n) is 15.5. The van der Waals surface area contributed by atoms with Gasteiger partial charge in [-0.3, -0.25) is 4.79 Å². The maximum atomic E-state index is 12.2. The number of aliphatic hydroxyl groups excluding tert-OH is 1. The van der Waals surface area contributed by atoms with Gasteiger partial charge in [0.1, 0.15) is 6.10 Å². The highest BCUT2D eigenvalue weighted by molar-refractivity contribution is 5.69. The van der Waals surface area contributed by atoms with E-state index in [0.29, 0.717) is 19.6 Å². The van der Waals surface area contributed by atoms with Crippen LogP contribution in [0.15, 0.2) is 36.5 Å². The number of unbranched alkanes of at least 4 members (excludes halogenated alkanes) is 29. The lowest BCUT2D eigenvalue weighted by Crippen LogP contribution is -2.27. The Hall–Kier alpha value is -1.39. The van der Waals surface area contributed by atoms with E-state index in [1.807, 2.05) is 0 Å². The van der Waals surface area contributed by atoms with Gasteiger partial charge in [0.25, 0.3) is 0 Å². The molecule has 0 amide bonds. The third-order valence-corrected chi connectivity index (χ3v) is 10.2. The first-order valence-corrected chi connectivity index (χ1v) is 23.1. The fourth-order valence-electron chi connectivity index (χ4n) is 6.75. The van der Waals surface area contributed by atoms with Crippen LogP contribution in [0.5, 0.6) is 0 Å². The second-order valence-corrected chi connectivity index (χ2v) is 15.5. The summed E-state index contributed by atoms with van der Waals surface area (Å²) in [5.41, 5.74) is 0. The van der Waals surface area contributed by atoms with Gasteiger partial charge in [0.05, 0.1) is 13.2 Å². The number of esters is 1. The molecule has 0 radical (unpaired) electrons. The van der Waals surface area contributed by atoms with Crippen LogP contribution in [0.25, 0.3) is 0 Å². The van der Waals surface area contributed by atoms with Crippen molar-refractivity contribution < 1.29 is 19.4 Å². The predicted molar refractivity (Wildman–Crippen MR) is 228 cm³/mol. The van der Waals surface area contributed by atoms with Gasteiger partial charge in [-0.25, -0.2) is 0 Å². The van der Waals surface area contributed by atoms with Crippen molar-refractivity contribution >= 4 is 5.97 Å². The van der Waals surface area contributed by atoms with E-state index in [1.165, 1.54) is 186 Å². The van der Waals surface area contributed by atoms with Gasteiger partial charge < -0.3 is 14.6 Å². The number of carbonyl (C=O) groups is 1. The molecule has 52 heavy (non-hydrogen) atoms. The van der Waals surface area contributed by atoms with Gasteiger partial charge in [-0.2, -0.15) is 0 Å². The van der Waals surface area contributed by atoms with Crippen molar-refractivity contribution in [3.05, 3.63) is 36.5 Å². The first-order chi connectivity index (χ1) is 25.7. The molecule has 0 bridgehead atoms. The first kappa shape index (κ1) is 50.6. The fraction of sp³-hybridized carbons (Fsp3) is 0.854. The first-order valence-electron chi connectivity index (χ1n) is 23.1. The molecule has 0 aromatic heterocycles. The van der Waals surface area contributed by atoms with Crippen LogP contribution in [0.1, 0.15) is 239 Å². The molecule has 0 fully saturated rings. The van der Waals surface area contributed by atoms with E-state index in [0.717, 1.165) is 32.1 Å². The van der Waals surface area contributed by atoms with Crippen molar-refractivity contribution in [3.8, 4) is 0 Å². The molecular formula is C48H90O4. The number of rotatable bonds is 43. The molecule has 0 spiro atoms. The van der Waals surface area contributed by atoms with Crippen molar-refractivity contribution in [3.63, 3.8) is 0 Å². The monoisotopic (exact) mass is 731 g/mol. The molecule has 0 aromatic rings. The van der Waals surface area contributed by atoms with Crippen molar-refractivity contribution in [2.75, 3.05) is 19.8 Å². The maximum absolute atomic E-state index is 12.2. The lowest BCUT2D eigenvalue weighted by molar-refractivity contribution is -0.154. The molecule has 4 nitrogen and oxygen atoms in total. The van der Waals surface area contributed by atoms with Crippen LogP contribution in [0, 0.1) is 0 Å². The molecule has 1 unspecified atom stereocenters. The Bertz CT molecular complexity index is 772. The van der Waals surface area contributed by atoms with Crippen LogP contribution in [-0.4, -0.2) is 37.0 Å². The summed E-state index contributed by atoms with van der Waals surface area (Å²) in [4.78, 5) is 12.2. The average Bonchev–Trinajstić information content (AvgIpc) is 3.15. The van der Waals surface area contributed by atoms with Crippen LogP contribution in [0.2, 0.25) is 0 Å². The normalized spacial score (nSPS) is 12.6. The lowest BCUT2D eigenvalue weighted by atomic mass is 10.0. The minimum absolute atomic E-state index is 0.171. The van der Waals surface area contributed by atoms with Gasteiger partial charge in [-0.05, 0) is 51.4 Å². The van der Waals surface area contributed by atoms with Gasteiger partial charge in [0.2, 0.25) is 0 Å². The molecule has 0 aliphatic carbocycles. The Morgan fingerprint density at radius 2 is 0.808 bits per heavy atom. The molecule has 0 saturated carbocycles. The Labute approximate surface area is 325 Å². The summed E-state index contributed by atoms with van der Waals surface area (Å²) in [5, 5.41) is 9.62. The van der Waals surface area contributed by atoms with Crippen LogP contribution < -0.4 is 0 Å². The molecule has 0 heterocycles. The third-order valence-electron chi connectivity index (χ3n) is 10.2. The summed E-state index contributed by atoms with van der Waals surface area (Å²) in [5.74, 6) is -0.199. The summed E-state index contributed by atoms with van der Waals surface area (Å²) in [6.45, 7) is 5.35. The number of carbonyl (C=O) groups excluding carboxylic acids is 1. The fourth-order valence-corrected chi connectivity index (χ4v) is 6.75. The molecule has 0 aromatic carbocycles. The summed E-state index contributed by atoms with van der Waals surface area (Å²) in [7, 11) is 0. The minimum atomic E-state index is -0.534. The van der Waals surface area contributed by atoms with Crippen LogP contribution in [0.4, 0.5) is 0 Å². The molecule has 1 atom stereocenters. The standard InChI is InChI=1S/C48H90O4/c1-3-5-7-9-11-13-15-17-19-21-22-23-24-25-26-27-28-30-32-34-36-38-40-42-44-51-46-47(45-49)52-48(50)43-41-39-37-35-33-31-29-20-18-16-14-12-10-8-6-4-2/h15,17,21-22,24-25,47,49H,3-14,16,18-20,23,26-46H2,1-2H3/b17-15-,22-21-,25-24-. The number of hydrogen-bond donors (Lipinski definition) is 1. The van der Waals surface area contributed by atoms with Crippen molar-refractivity contribution in [2.24, 2.45) is 0 Å². The largest absolute Gasteiger partial charge is 0.457 e. The van der Waals surface area contributed by atoms with E-state index in [1.54, 1.807) is 0 Å². The zero-order valence-corrected chi connectivity index (χ0v) is 35.1. The zero-order valence-electron chi connectivity index (χ0n) is 35.1. The van der Waals surface area contributed by atoms with Gasteiger partial charge in [0, 0.05) is 13.0 Å². The molecule has 0 aliphatic rings. The SMILES string of the molecule is CCCCCCC/C=C\C/C=C\C/C=C\CCCCCCCCCCCOCC(CO)OC(=O)CCCCCCCCCCCCCCCCCC. The van der Waals surface area contributed by atoms with Crippen molar-refractivity contribution in [2.45, 2.75) is 245 Å². The van der Waals surface area contributed by atoms with Crippen LogP contribution >= 0.6 is 0 Å². The number of hydrogen-bond acceptors (Lipinski definition) is 4. The van der Waals surface area contributed by atoms with Crippen LogP contribution in [0.3, 0.4) is 0 Å². The summed E-state index contributed by atoms with van der Waals surface area (Å²) in [6.07, 6.45) is 57.8. The maximum Gasteiger partial charge on any atom is 0.306 e. The molecule has 4 heteroatoms. The topological polar surface area (TPSA) is 55.8 Å². The lowest BCUT2D eigenvalue weighted by Gasteiger charge is -2.16. The Balaban J connectivity index is 3.41. The van der Waals surface area contributed by atoms with Gasteiger partial charge >= 0.3 is 5.97 Å². The minimum Gasteiger partial charge on any atom is -0.457 e. The van der Waals surface area contributed by atoms with E-state index < -0.39 is 6.10 Å². The quantitative estimate of drug-likeness (QED) is 0.0385. The van der Waals surface area contributed by atoms with Crippen molar-refractivity contribution in [1.29, 1.82) is 0 Å². The van der Waals surface area contributed by atoms with Gasteiger partial charge in [-0.1, -0.05) is 217 Å². The Morgan fingerprint density at radius 3 is 1.21 bits per heavy atom. The average molecular weight is 731 g/mol. The van der Waals surface area contributed by atoms with E-state index in [9.17, 15) is 9.90 Å². The van der Waals surface area contributed by atoms with E-state index >= 15 is 0 Å². The molecule has 0 saturated heterocycles. The second kappa shape index (κ2) is 45.8. The number of ether oxygens (including phenoxy) is 2. The van der Waals surface area contributed by atoms with Gasteiger partial charge in [0.15, 0.2) is 0 Å². The highest BCUT2D eigenvalue weighted by atomic mass is 16.6. The summed E-state index contributed by atoms with van der Waals surface area (Å²) >= 11 is 0. The molecule has 1 N–H and O–H groups in total. The predicted octanol–water partition coefficient (Wildman–Crippen LogP) is 15.3. The number of aliphatic hydroxyl groups is 1. The summed E-state index contributed by atoms with van der Waals surface area (Å²) < 4.78 is 11.2. The molecule has 306 valence electrons. The van der Waals surface area contributed by atoms with E-state index in [4.69, 9.17) is 9.47 Å². The molecular weight excluding hydrogens is 641 g/mol. The third kappa shape index (κ3) is 43.0. The van der Waals surface area contributed by atoms with Crippen molar-refractivity contribution in [1.82, 2.24) is 0 Å². The highest BCUT2D eigenvalue weighted by Gasteiger charge is 2.13. The Kier molecular flexibility index (Phi) is 44.5. The van der Waals surface area contributed by atoms with Gasteiger partial charge in [-0.15, -0.1) is 0 Å². The Morgan fingerprint density at radius 1 is 0.462 bits per heavy atom. The van der Waals surface area contributed by atoms with E-state index in [-0.39, 0.29) is 12.6 Å². The smallest absolute Gasteiger partial charge is 0.306 e. The molecule has 0 aliphatic heterocycles.